The lowest BCUT2D eigenvalue weighted by molar-refractivity contribution is 0.312. The van der Waals surface area contributed by atoms with Crippen molar-refractivity contribution in [2.75, 3.05) is 18.4 Å². The molecule has 1 saturated heterocycles. The number of nitrogens with zero attached hydrogens (tertiary/aromatic N) is 5. The summed E-state index contributed by atoms with van der Waals surface area (Å²) >= 11 is 0. The zero-order chi connectivity index (χ0) is 21.3. The van der Waals surface area contributed by atoms with E-state index >= 15 is 0 Å². The lowest BCUT2D eigenvalue weighted by Gasteiger charge is -2.31. The first-order chi connectivity index (χ1) is 14.3. The fourth-order valence-corrected chi connectivity index (χ4v) is 5.68. The Bertz CT molecular complexity index is 1130. The van der Waals surface area contributed by atoms with Gasteiger partial charge in [-0.05, 0) is 45.7 Å². The summed E-state index contributed by atoms with van der Waals surface area (Å²) < 4.78 is 33.0. The van der Waals surface area contributed by atoms with Gasteiger partial charge < -0.3 is 9.84 Å². The fraction of sp³-hybridized carbons (Fsp3) is 0.400. The minimum atomic E-state index is -3.67. The van der Waals surface area contributed by atoms with Crippen LogP contribution in [-0.4, -0.2) is 45.9 Å². The van der Waals surface area contributed by atoms with Crippen molar-refractivity contribution in [1.82, 2.24) is 24.4 Å². The minimum absolute atomic E-state index is 0.00342. The quantitative estimate of drug-likeness (QED) is 0.659. The highest BCUT2D eigenvalue weighted by atomic mass is 32.2. The molecular weight excluding hydrogens is 404 g/mol. The lowest BCUT2D eigenvalue weighted by atomic mass is 9.95. The number of nitrogens with one attached hydrogen (secondary N) is 1. The zero-order valence-corrected chi connectivity index (χ0v) is 18.0. The molecule has 1 N–H and O–H groups in total. The van der Waals surface area contributed by atoms with E-state index in [-0.39, 0.29) is 10.8 Å². The van der Waals surface area contributed by atoms with Crippen LogP contribution in [0.2, 0.25) is 0 Å². The summed E-state index contributed by atoms with van der Waals surface area (Å²) in [6.07, 6.45) is 6.51. The van der Waals surface area contributed by atoms with Gasteiger partial charge in [0, 0.05) is 48.5 Å². The van der Waals surface area contributed by atoms with E-state index in [9.17, 15) is 8.42 Å². The van der Waals surface area contributed by atoms with Crippen LogP contribution in [0.1, 0.15) is 41.6 Å². The van der Waals surface area contributed by atoms with Crippen molar-refractivity contribution in [3.8, 4) is 0 Å². The predicted molar refractivity (Wildman–Crippen MR) is 111 cm³/mol. The lowest BCUT2D eigenvalue weighted by Crippen LogP contribution is -2.39. The fourth-order valence-electron chi connectivity index (χ4n) is 3.86. The Morgan fingerprint density at radius 2 is 2.03 bits per heavy atom. The van der Waals surface area contributed by atoms with Crippen LogP contribution in [0.3, 0.4) is 0 Å². The Labute approximate surface area is 175 Å². The topological polar surface area (TPSA) is 114 Å². The number of aryl methyl sites for hydroxylation is 3. The number of hydrogen-bond acceptors (Lipinski definition) is 8. The van der Waals surface area contributed by atoms with Crippen LogP contribution in [-0.2, 0) is 10.0 Å². The highest BCUT2D eigenvalue weighted by Gasteiger charge is 2.35. The number of rotatable bonds is 5. The van der Waals surface area contributed by atoms with Crippen LogP contribution >= 0.6 is 0 Å². The Kier molecular flexibility index (Phi) is 5.52. The van der Waals surface area contributed by atoms with Gasteiger partial charge in [-0.15, -0.1) is 0 Å². The second kappa shape index (κ2) is 8.11. The second-order valence-electron chi connectivity index (χ2n) is 7.49. The summed E-state index contributed by atoms with van der Waals surface area (Å²) in [6, 6.07) is 3.89. The summed E-state index contributed by atoms with van der Waals surface area (Å²) in [5, 5.41) is 7.04. The molecule has 9 nitrogen and oxygen atoms in total. The van der Waals surface area contributed by atoms with Gasteiger partial charge in [0.1, 0.15) is 16.4 Å². The number of aromatic nitrogens is 4. The molecule has 1 aliphatic rings. The first-order valence-corrected chi connectivity index (χ1v) is 11.2. The molecule has 0 aliphatic carbocycles. The van der Waals surface area contributed by atoms with Crippen LogP contribution in [0.4, 0.5) is 11.5 Å². The molecule has 0 amide bonds. The van der Waals surface area contributed by atoms with Crippen LogP contribution in [0.5, 0.6) is 0 Å². The molecular formula is C20H24N6O3S. The van der Waals surface area contributed by atoms with Gasteiger partial charge in [0.25, 0.3) is 0 Å². The molecule has 0 unspecified atom stereocenters. The van der Waals surface area contributed by atoms with Gasteiger partial charge in [0.15, 0.2) is 5.76 Å². The number of hydrogen-bond donors (Lipinski definition) is 1. The van der Waals surface area contributed by atoms with E-state index in [1.165, 1.54) is 4.31 Å². The van der Waals surface area contributed by atoms with Crippen molar-refractivity contribution in [3.63, 3.8) is 0 Å². The standard InChI is InChI=1S/C20H24N6O3S/c1-13-9-17(24-19-11-21-6-7-22-19)10-18(23-13)16-5-4-8-26(12-16)30(27,28)20-14(2)25-29-15(20)3/h6-7,9-11,16H,4-5,8,12H2,1-3H3,(H,22,23,24)/t16-/m0/s1. The SMILES string of the molecule is Cc1cc(Nc2cnccn2)cc([C@H]2CCCN(S(=O)(=O)c3c(C)noc3C)C2)n1. The number of pyridine rings is 1. The van der Waals surface area contributed by atoms with Crippen LogP contribution < -0.4 is 5.32 Å². The van der Waals surface area contributed by atoms with Crippen LogP contribution in [0, 0.1) is 20.8 Å². The summed E-state index contributed by atoms with van der Waals surface area (Å²) in [5.74, 6) is 0.954. The van der Waals surface area contributed by atoms with E-state index < -0.39 is 10.0 Å². The monoisotopic (exact) mass is 428 g/mol. The van der Waals surface area contributed by atoms with E-state index in [0.717, 1.165) is 29.9 Å². The highest BCUT2D eigenvalue weighted by molar-refractivity contribution is 7.89. The zero-order valence-electron chi connectivity index (χ0n) is 17.2. The molecule has 4 heterocycles. The Morgan fingerprint density at radius 1 is 1.20 bits per heavy atom. The van der Waals surface area contributed by atoms with E-state index in [1.807, 2.05) is 19.1 Å². The van der Waals surface area contributed by atoms with E-state index in [1.54, 1.807) is 32.4 Å². The first kappa shape index (κ1) is 20.4. The van der Waals surface area contributed by atoms with Crippen LogP contribution in [0.25, 0.3) is 0 Å². The number of piperidine rings is 1. The molecule has 0 bridgehead atoms. The van der Waals surface area contributed by atoms with E-state index in [2.05, 4.69) is 25.4 Å². The maximum atomic E-state index is 13.2. The number of anilines is 2. The van der Waals surface area contributed by atoms with E-state index in [4.69, 9.17) is 4.52 Å². The summed E-state index contributed by atoms with van der Waals surface area (Å²) in [7, 11) is -3.67. The van der Waals surface area contributed by atoms with Crippen LogP contribution in [0.15, 0.2) is 40.1 Å². The van der Waals surface area contributed by atoms with Crippen molar-refractivity contribution >= 4 is 21.5 Å². The molecule has 1 aliphatic heterocycles. The molecule has 0 saturated carbocycles. The van der Waals surface area contributed by atoms with Gasteiger partial charge in [0.2, 0.25) is 10.0 Å². The van der Waals surface area contributed by atoms with Gasteiger partial charge in [-0.2, -0.15) is 4.31 Å². The smallest absolute Gasteiger partial charge is 0.248 e. The molecule has 1 atom stereocenters. The Morgan fingerprint density at radius 3 is 2.73 bits per heavy atom. The number of sulfonamides is 1. The molecule has 0 spiro atoms. The Hall–Kier alpha value is -2.85. The molecule has 10 heteroatoms. The van der Waals surface area contributed by atoms with Crippen molar-refractivity contribution in [3.05, 3.63) is 53.6 Å². The van der Waals surface area contributed by atoms with E-state index in [0.29, 0.717) is 30.4 Å². The second-order valence-corrected chi connectivity index (χ2v) is 9.37. The molecule has 30 heavy (non-hydrogen) atoms. The Balaban J connectivity index is 1.59. The third-order valence-corrected chi connectivity index (χ3v) is 7.29. The average Bonchev–Trinajstić information content (AvgIpc) is 3.07. The third-order valence-electron chi connectivity index (χ3n) is 5.18. The largest absolute Gasteiger partial charge is 0.360 e. The average molecular weight is 429 g/mol. The molecule has 3 aromatic rings. The van der Waals surface area contributed by atoms with Crippen molar-refractivity contribution in [1.29, 1.82) is 0 Å². The third kappa shape index (κ3) is 4.05. The first-order valence-electron chi connectivity index (χ1n) is 9.79. The molecule has 0 aromatic carbocycles. The molecule has 1 fully saturated rings. The normalized spacial score (nSPS) is 17.8. The molecule has 0 radical (unpaired) electrons. The molecule has 158 valence electrons. The summed E-state index contributed by atoms with van der Waals surface area (Å²) in [5.41, 5.74) is 2.95. The predicted octanol–water partition coefficient (Wildman–Crippen LogP) is 3.10. The van der Waals surface area contributed by atoms with Crippen molar-refractivity contribution < 1.29 is 12.9 Å². The van der Waals surface area contributed by atoms with Gasteiger partial charge in [0.05, 0.1) is 6.20 Å². The summed E-state index contributed by atoms with van der Waals surface area (Å²) in [4.78, 5) is 13.2. The van der Waals surface area contributed by atoms with Crippen molar-refractivity contribution in [2.45, 2.75) is 44.4 Å². The van der Waals surface area contributed by atoms with Gasteiger partial charge in [-0.25, -0.2) is 13.4 Å². The highest BCUT2D eigenvalue weighted by Crippen LogP contribution is 2.32. The van der Waals surface area contributed by atoms with Gasteiger partial charge in [-0.1, -0.05) is 5.16 Å². The minimum Gasteiger partial charge on any atom is -0.360 e. The molecule has 3 aromatic heterocycles. The maximum Gasteiger partial charge on any atom is 0.248 e. The maximum absolute atomic E-state index is 13.2. The van der Waals surface area contributed by atoms with Gasteiger partial charge >= 0.3 is 0 Å². The summed E-state index contributed by atoms with van der Waals surface area (Å²) in [6.45, 7) is 6.04. The van der Waals surface area contributed by atoms with Gasteiger partial charge in [-0.3, -0.25) is 9.97 Å². The van der Waals surface area contributed by atoms with Crippen molar-refractivity contribution in [2.24, 2.45) is 0 Å². The molecule has 4 rings (SSSR count).